The van der Waals surface area contributed by atoms with Gasteiger partial charge in [-0.05, 0) is 31.5 Å². The van der Waals surface area contributed by atoms with Gasteiger partial charge in [-0.1, -0.05) is 19.1 Å². The average molecular weight is 258 g/mol. The van der Waals surface area contributed by atoms with E-state index in [0.717, 1.165) is 36.6 Å². The first-order chi connectivity index (χ1) is 9.11. The van der Waals surface area contributed by atoms with E-state index in [2.05, 4.69) is 29.1 Å². The first-order valence-electron chi connectivity index (χ1n) is 6.70. The van der Waals surface area contributed by atoms with Crippen LogP contribution in [0, 0.1) is 6.92 Å². The van der Waals surface area contributed by atoms with Gasteiger partial charge in [-0.3, -0.25) is 4.68 Å². The van der Waals surface area contributed by atoms with Crippen LogP contribution in [-0.2, 0) is 13.6 Å². The maximum Gasteiger partial charge on any atom is 0.0603 e. The smallest absolute Gasteiger partial charge is 0.0603 e. The zero-order valence-electron chi connectivity index (χ0n) is 11.9. The molecule has 2 N–H and O–H groups in total. The van der Waals surface area contributed by atoms with Crippen molar-refractivity contribution in [2.45, 2.75) is 26.8 Å². The summed E-state index contributed by atoms with van der Waals surface area (Å²) in [4.78, 5) is 2.31. The summed E-state index contributed by atoms with van der Waals surface area (Å²) in [5.41, 5.74) is 10.3. The number of aromatic nitrogens is 2. The van der Waals surface area contributed by atoms with Crippen molar-refractivity contribution in [3.8, 4) is 0 Å². The Kier molecular flexibility index (Phi) is 4.10. The lowest BCUT2D eigenvalue weighted by Gasteiger charge is -2.25. The van der Waals surface area contributed by atoms with E-state index < -0.39 is 0 Å². The van der Waals surface area contributed by atoms with Crippen molar-refractivity contribution in [1.29, 1.82) is 0 Å². The highest BCUT2D eigenvalue weighted by Gasteiger charge is 2.12. The van der Waals surface area contributed by atoms with Gasteiger partial charge in [0.1, 0.15) is 0 Å². The quantitative estimate of drug-likeness (QED) is 0.839. The molecule has 0 bridgehead atoms. The van der Waals surface area contributed by atoms with Crippen LogP contribution in [0.2, 0.25) is 0 Å². The van der Waals surface area contributed by atoms with Crippen molar-refractivity contribution < 1.29 is 0 Å². The number of benzene rings is 1. The Morgan fingerprint density at radius 2 is 2.05 bits per heavy atom. The number of para-hydroxylation sites is 2. The maximum absolute atomic E-state index is 6.08. The standard InChI is InChI=1S/C15H22N4/c1-4-9-19(15-8-6-5-7-14(15)16)11-13-10-12(2)17-18(13)3/h5-8,10H,4,9,11,16H2,1-3H3. The molecule has 1 aromatic carbocycles. The highest BCUT2D eigenvalue weighted by molar-refractivity contribution is 5.67. The Balaban J connectivity index is 2.26. The predicted octanol–water partition coefficient (Wildman–Crippen LogP) is 2.73. The van der Waals surface area contributed by atoms with E-state index in [1.807, 2.05) is 36.9 Å². The lowest BCUT2D eigenvalue weighted by Crippen LogP contribution is -2.25. The van der Waals surface area contributed by atoms with E-state index >= 15 is 0 Å². The molecular formula is C15H22N4. The van der Waals surface area contributed by atoms with Crippen LogP contribution in [-0.4, -0.2) is 16.3 Å². The van der Waals surface area contributed by atoms with Gasteiger partial charge in [0.05, 0.1) is 29.3 Å². The van der Waals surface area contributed by atoms with Gasteiger partial charge in [0.15, 0.2) is 0 Å². The number of nitrogens with zero attached hydrogens (tertiary/aromatic N) is 3. The van der Waals surface area contributed by atoms with Crippen molar-refractivity contribution in [2.75, 3.05) is 17.2 Å². The van der Waals surface area contributed by atoms with Crippen LogP contribution in [0.5, 0.6) is 0 Å². The number of rotatable bonds is 5. The predicted molar refractivity (Wildman–Crippen MR) is 80.1 cm³/mol. The minimum absolute atomic E-state index is 0.829. The number of nitrogens with two attached hydrogens (primary N) is 1. The second-order valence-corrected chi connectivity index (χ2v) is 4.88. The van der Waals surface area contributed by atoms with Crippen LogP contribution in [0.15, 0.2) is 30.3 Å². The summed E-state index contributed by atoms with van der Waals surface area (Å²) in [6.45, 7) is 6.02. The Labute approximate surface area is 114 Å². The van der Waals surface area contributed by atoms with Gasteiger partial charge in [0.25, 0.3) is 0 Å². The van der Waals surface area contributed by atoms with Crippen LogP contribution in [0.1, 0.15) is 24.7 Å². The summed E-state index contributed by atoms with van der Waals surface area (Å²) < 4.78 is 1.94. The first kappa shape index (κ1) is 13.5. The van der Waals surface area contributed by atoms with Gasteiger partial charge >= 0.3 is 0 Å². The molecule has 0 atom stereocenters. The third-order valence-electron chi connectivity index (χ3n) is 3.22. The topological polar surface area (TPSA) is 47.1 Å². The number of anilines is 2. The van der Waals surface area contributed by atoms with Gasteiger partial charge < -0.3 is 10.6 Å². The first-order valence-corrected chi connectivity index (χ1v) is 6.70. The minimum atomic E-state index is 0.829. The fourth-order valence-corrected chi connectivity index (χ4v) is 2.34. The summed E-state index contributed by atoms with van der Waals surface area (Å²) >= 11 is 0. The summed E-state index contributed by atoms with van der Waals surface area (Å²) in [5, 5.41) is 4.40. The zero-order chi connectivity index (χ0) is 13.8. The average Bonchev–Trinajstić information content (AvgIpc) is 2.68. The van der Waals surface area contributed by atoms with E-state index in [1.165, 1.54) is 5.69 Å². The van der Waals surface area contributed by atoms with Crippen LogP contribution in [0.4, 0.5) is 11.4 Å². The van der Waals surface area contributed by atoms with E-state index in [-0.39, 0.29) is 0 Å². The molecule has 0 fully saturated rings. The Bertz CT molecular complexity index is 545. The molecule has 19 heavy (non-hydrogen) atoms. The monoisotopic (exact) mass is 258 g/mol. The molecule has 1 aromatic heterocycles. The molecule has 102 valence electrons. The molecule has 0 aliphatic heterocycles. The number of hydrogen-bond donors (Lipinski definition) is 1. The molecule has 0 radical (unpaired) electrons. The molecule has 0 unspecified atom stereocenters. The van der Waals surface area contributed by atoms with Crippen molar-refractivity contribution in [1.82, 2.24) is 9.78 Å². The molecule has 0 saturated heterocycles. The number of nitrogen functional groups attached to an aromatic ring is 1. The molecular weight excluding hydrogens is 236 g/mol. The Morgan fingerprint density at radius 1 is 1.32 bits per heavy atom. The Morgan fingerprint density at radius 3 is 2.63 bits per heavy atom. The molecule has 4 heteroatoms. The van der Waals surface area contributed by atoms with Gasteiger partial charge in [0, 0.05) is 13.6 Å². The lowest BCUT2D eigenvalue weighted by atomic mass is 10.2. The number of hydrogen-bond acceptors (Lipinski definition) is 3. The molecule has 0 amide bonds. The largest absolute Gasteiger partial charge is 0.397 e. The van der Waals surface area contributed by atoms with E-state index in [0.29, 0.717) is 0 Å². The molecule has 0 aliphatic rings. The summed E-state index contributed by atoms with van der Waals surface area (Å²) in [7, 11) is 1.99. The fraction of sp³-hybridized carbons (Fsp3) is 0.400. The fourth-order valence-electron chi connectivity index (χ4n) is 2.34. The van der Waals surface area contributed by atoms with E-state index in [9.17, 15) is 0 Å². The second-order valence-electron chi connectivity index (χ2n) is 4.88. The highest BCUT2D eigenvalue weighted by atomic mass is 15.3. The molecule has 2 rings (SSSR count). The van der Waals surface area contributed by atoms with Gasteiger partial charge in [-0.2, -0.15) is 5.10 Å². The van der Waals surface area contributed by atoms with Crippen molar-refractivity contribution >= 4 is 11.4 Å². The van der Waals surface area contributed by atoms with E-state index in [1.54, 1.807) is 0 Å². The molecule has 1 heterocycles. The van der Waals surface area contributed by atoms with Crippen LogP contribution < -0.4 is 10.6 Å². The zero-order valence-corrected chi connectivity index (χ0v) is 11.9. The highest BCUT2D eigenvalue weighted by Crippen LogP contribution is 2.24. The summed E-state index contributed by atoms with van der Waals surface area (Å²) in [6, 6.07) is 10.2. The summed E-state index contributed by atoms with van der Waals surface area (Å²) in [6.07, 6.45) is 1.09. The summed E-state index contributed by atoms with van der Waals surface area (Å²) in [5.74, 6) is 0. The molecule has 4 nitrogen and oxygen atoms in total. The maximum atomic E-state index is 6.08. The molecule has 0 spiro atoms. The van der Waals surface area contributed by atoms with Crippen molar-refractivity contribution in [3.05, 3.63) is 41.7 Å². The SMILES string of the molecule is CCCN(Cc1cc(C)nn1C)c1ccccc1N. The molecule has 0 aliphatic carbocycles. The van der Waals surface area contributed by atoms with E-state index in [4.69, 9.17) is 5.73 Å². The molecule has 0 saturated carbocycles. The lowest BCUT2D eigenvalue weighted by molar-refractivity contribution is 0.670. The third kappa shape index (κ3) is 3.08. The van der Waals surface area contributed by atoms with Crippen molar-refractivity contribution in [2.24, 2.45) is 7.05 Å². The van der Waals surface area contributed by atoms with Crippen LogP contribution >= 0.6 is 0 Å². The van der Waals surface area contributed by atoms with Crippen LogP contribution in [0.3, 0.4) is 0 Å². The number of aryl methyl sites for hydroxylation is 2. The van der Waals surface area contributed by atoms with Crippen LogP contribution in [0.25, 0.3) is 0 Å². The van der Waals surface area contributed by atoms with Crippen molar-refractivity contribution in [3.63, 3.8) is 0 Å². The minimum Gasteiger partial charge on any atom is -0.397 e. The third-order valence-corrected chi connectivity index (χ3v) is 3.22. The Hall–Kier alpha value is -1.97. The normalized spacial score (nSPS) is 10.7. The van der Waals surface area contributed by atoms with Gasteiger partial charge in [-0.25, -0.2) is 0 Å². The second kappa shape index (κ2) is 5.78. The van der Waals surface area contributed by atoms with Gasteiger partial charge in [0.2, 0.25) is 0 Å². The van der Waals surface area contributed by atoms with Gasteiger partial charge in [-0.15, -0.1) is 0 Å². The molecule has 2 aromatic rings.